The van der Waals surface area contributed by atoms with E-state index in [2.05, 4.69) is 4.40 Å². The third-order valence-corrected chi connectivity index (χ3v) is 7.56. The summed E-state index contributed by atoms with van der Waals surface area (Å²) in [5, 5.41) is 1.70. The minimum Gasteiger partial charge on any atom is -0.497 e. The van der Waals surface area contributed by atoms with Gasteiger partial charge >= 0.3 is 5.97 Å². The first kappa shape index (κ1) is 25.3. The molecule has 0 saturated carbocycles. The summed E-state index contributed by atoms with van der Waals surface area (Å²) in [5.74, 6) is 1.05. The van der Waals surface area contributed by atoms with Crippen molar-refractivity contribution in [3.8, 4) is 11.5 Å². The lowest BCUT2D eigenvalue weighted by molar-refractivity contribution is 0.0132. The van der Waals surface area contributed by atoms with Gasteiger partial charge in [0, 0.05) is 12.6 Å². The van der Waals surface area contributed by atoms with Crippen LogP contribution in [0.1, 0.15) is 15.9 Å². The molecule has 38 heavy (non-hydrogen) atoms. The molecule has 0 bridgehead atoms. The number of rotatable bonds is 8. The summed E-state index contributed by atoms with van der Waals surface area (Å²) in [6.07, 6.45) is -0.744. The summed E-state index contributed by atoms with van der Waals surface area (Å²) >= 11 is 0. The first-order valence-electron chi connectivity index (χ1n) is 12.0. The second-order valence-corrected chi connectivity index (χ2v) is 10.4. The molecule has 4 aromatic rings. The number of nitrogens with zero attached hydrogens (tertiary/aromatic N) is 2. The van der Waals surface area contributed by atoms with E-state index < -0.39 is 22.1 Å². The summed E-state index contributed by atoms with van der Waals surface area (Å²) in [6.45, 7) is 0.185. The van der Waals surface area contributed by atoms with Gasteiger partial charge in [0.25, 0.3) is 10.0 Å². The summed E-state index contributed by atoms with van der Waals surface area (Å²) in [4.78, 5) is 15.2. The highest BCUT2D eigenvalue weighted by atomic mass is 32.2. The van der Waals surface area contributed by atoms with Gasteiger partial charge in [0.15, 0.2) is 11.9 Å². The summed E-state index contributed by atoms with van der Waals surface area (Å²) in [5.41, 5.74) is 0.941. The molecule has 0 aromatic heterocycles. The van der Waals surface area contributed by atoms with Gasteiger partial charge in [0.2, 0.25) is 0 Å². The normalized spacial score (nSPS) is 14.3. The van der Waals surface area contributed by atoms with E-state index in [1.807, 2.05) is 36.4 Å². The van der Waals surface area contributed by atoms with Crippen molar-refractivity contribution in [1.82, 2.24) is 4.90 Å². The van der Waals surface area contributed by atoms with Crippen LogP contribution in [0, 0.1) is 0 Å². The first-order valence-corrected chi connectivity index (χ1v) is 13.4. The Morgan fingerprint density at radius 3 is 2.37 bits per heavy atom. The number of esters is 1. The molecule has 0 radical (unpaired) electrons. The van der Waals surface area contributed by atoms with E-state index in [1.165, 1.54) is 6.07 Å². The second kappa shape index (κ2) is 10.5. The van der Waals surface area contributed by atoms with Crippen LogP contribution in [0.4, 0.5) is 0 Å². The molecule has 0 N–H and O–H groups in total. The van der Waals surface area contributed by atoms with Crippen molar-refractivity contribution in [1.29, 1.82) is 0 Å². The van der Waals surface area contributed by atoms with Crippen LogP contribution >= 0.6 is 0 Å². The molecule has 0 fully saturated rings. The largest absolute Gasteiger partial charge is 0.497 e. The van der Waals surface area contributed by atoms with Crippen molar-refractivity contribution in [2.75, 3.05) is 27.3 Å². The number of fused-ring (bicyclic) bond motifs is 2. The van der Waals surface area contributed by atoms with E-state index >= 15 is 0 Å². The predicted octanol–water partition coefficient (Wildman–Crippen LogP) is 4.53. The molecule has 0 spiro atoms. The molecule has 194 valence electrons. The third kappa shape index (κ3) is 5.19. The Hall–Kier alpha value is -4.37. The fourth-order valence-corrected chi connectivity index (χ4v) is 5.61. The lowest BCUT2D eigenvalue weighted by Gasteiger charge is -2.26. The van der Waals surface area contributed by atoms with E-state index in [4.69, 9.17) is 14.2 Å². The molecule has 5 rings (SSSR count). The highest BCUT2D eigenvalue weighted by Gasteiger charge is 2.32. The van der Waals surface area contributed by atoms with E-state index in [-0.39, 0.29) is 23.9 Å². The van der Waals surface area contributed by atoms with Crippen LogP contribution in [-0.2, 0) is 14.8 Å². The fourth-order valence-electron chi connectivity index (χ4n) is 4.36. The van der Waals surface area contributed by atoms with Gasteiger partial charge in [-0.05, 0) is 53.2 Å². The molecule has 4 aromatic carbocycles. The summed E-state index contributed by atoms with van der Waals surface area (Å²) < 4.78 is 46.2. The fraction of sp³-hybridized carbons (Fsp3) is 0.172. The quantitative estimate of drug-likeness (QED) is 0.309. The van der Waals surface area contributed by atoms with Crippen molar-refractivity contribution >= 4 is 32.6 Å². The van der Waals surface area contributed by atoms with Gasteiger partial charge in [-0.3, -0.25) is 0 Å². The number of carbonyl (C=O) groups is 1. The van der Waals surface area contributed by atoms with Gasteiger partial charge < -0.3 is 19.1 Å². The summed E-state index contributed by atoms with van der Waals surface area (Å²) in [7, 11) is -0.500. The first-order chi connectivity index (χ1) is 18.4. The Morgan fingerprint density at radius 2 is 1.58 bits per heavy atom. The number of methoxy groups -OCH3 is 1. The van der Waals surface area contributed by atoms with Crippen LogP contribution in [0.25, 0.3) is 10.8 Å². The number of sulfonamides is 1. The van der Waals surface area contributed by atoms with E-state index in [0.717, 1.165) is 10.8 Å². The lowest BCUT2D eigenvalue weighted by Crippen LogP contribution is -2.39. The standard InChI is InChI=1S/C29H26N2O6S/c1-31(28-26-11-5-6-13-27(26)38(33,34)30-28)18-23(19-36-22-16-14-21(35-2)15-17-22)37-29(32)25-12-7-9-20-8-3-4-10-24(20)25/h3-17,23H,18-19H2,1-2H3/t23-/m0/s1. The van der Waals surface area contributed by atoms with Gasteiger partial charge in [-0.1, -0.05) is 48.5 Å². The van der Waals surface area contributed by atoms with Gasteiger partial charge in [-0.2, -0.15) is 8.42 Å². The van der Waals surface area contributed by atoms with Crippen LogP contribution in [0.2, 0.25) is 0 Å². The van der Waals surface area contributed by atoms with Crippen molar-refractivity contribution < 1.29 is 27.4 Å². The topological polar surface area (TPSA) is 94.5 Å². The predicted molar refractivity (Wildman–Crippen MR) is 144 cm³/mol. The monoisotopic (exact) mass is 530 g/mol. The molecule has 9 heteroatoms. The molecule has 0 saturated heterocycles. The highest BCUT2D eigenvalue weighted by Crippen LogP contribution is 2.27. The average molecular weight is 531 g/mol. The third-order valence-electron chi connectivity index (χ3n) is 6.23. The SMILES string of the molecule is COc1ccc(OC[C@H](CN(C)C2=NS(=O)(=O)c3ccccc32)OC(=O)c2cccc3ccccc23)cc1. The van der Waals surface area contributed by atoms with Crippen molar-refractivity contribution in [2.45, 2.75) is 11.0 Å². The van der Waals surface area contributed by atoms with Crippen LogP contribution in [0.3, 0.4) is 0 Å². The zero-order chi connectivity index (χ0) is 26.7. The van der Waals surface area contributed by atoms with Crippen LogP contribution in [-0.4, -0.2) is 58.5 Å². The van der Waals surface area contributed by atoms with E-state index in [9.17, 15) is 13.2 Å². The number of benzene rings is 4. The Morgan fingerprint density at radius 1 is 0.895 bits per heavy atom. The Bertz CT molecular complexity index is 1610. The molecule has 0 unspecified atom stereocenters. The number of carbonyl (C=O) groups excluding carboxylic acids is 1. The van der Waals surface area contributed by atoms with Gasteiger partial charge in [0.1, 0.15) is 23.0 Å². The Balaban J connectivity index is 1.39. The second-order valence-electron chi connectivity index (χ2n) is 8.81. The summed E-state index contributed by atoms with van der Waals surface area (Å²) in [6, 6.07) is 26.8. The van der Waals surface area contributed by atoms with Crippen LogP contribution < -0.4 is 9.47 Å². The smallest absolute Gasteiger partial charge is 0.339 e. The van der Waals surface area contributed by atoms with Crippen molar-refractivity contribution in [2.24, 2.45) is 4.40 Å². The zero-order valence-electron chi connectivity index (χ0n) is 20.9. The number of amidine groups is 1. The molecule has 0 amide bonds. The molecular formula is C29H26N2O6S. The van der Waals surface area contributed by atoms with E-state index in [1.54, 1.807) is 67.6 Å². The number of likely N-dealkylation sites (N-methyl/N-ethyl adjacent to an activating group) is 1. The van der Waals surface area contributed by atoms with Gasteiger partial charge in [0.05, 0.1) is 19.2 Å². The molecule has 1 aliphatic rings. The minimum absolute atomic E-state index is 0.0366. The minimum atomic E-state index is -3.79. The maximum atomic E-state index is 13.3. The lowest BCUT2D eigenvalue weighted by atomic mass is 10.0. The Kier molecular flexibility index (Phi) is 7.02. The average Bonchev–Trinajstić information content (AvgIpc) is 3.22. The molecular weight excluding hydrogens is 504 g/mol. The molecule has 1 heterocycles. The van der Waals surface area contributed by atoms with Gasteiger partial charge in [-0.15, -0.1) is 4.40 Å². The van der Waals surface area contributed by atoms with Gasteiger partial charge in [-0.25, -0.2) is 4.79 Å². The maximum Gasteiger partial charge on any atom is 0.339 e. The number of hydrogen-bond acceptors (Lipinski definition) is 7. The van der Waals surface area contributed by atoms with Crippen LogP contribution in [0.5, 0.6) is 11.5 Å². The maximum absolute atomic E-state index is 13.3. The zero-order valence-corrected chi connectivity index (χ0v) is 21.7. The Labute approximate surface area is 221 Å². The number of hydrogen-bond donors (Lipinski definition) is 0. The van der Waals surface area contributed by atoms with Crippen molar-refractivity contribution in [3.63, 3.8) is 0 Å². The van der Waals surface area contributed by atoms with E-state index in [0.29, 0.717) is 22.6 Å². The molecule has 1 aliphatic heterocycles. The molecule has 1 atom stereocenters. The van der Waals surface area contributed by atoms with Crippen LogP contribution in [0.15, 0.2) is 100 Å². The number of ether oxygens (including phenoxy) is 3. The highest BCUT2D eigenvalue weighted by molar-refractivity contribution is 7.90. The molecule has 0 aliphatic carbocycles. The molecule has 8 nitrogen and oxygen atoms in total. The van der Waals surface area contributed by atoms with Crippen molar-refractivity contribution in [3.05, 3.63) is 102 Å².